The lowest BCUT2D eigenvalue weighted by Crippen LogP contribution is -2.24. The summed E-state index contributed by atoms with van der Waals surface area (Å²) in [6, 6.07) is 19.9. The van der Waals surface area contributed by atoms with Crippen LogP contribution >= 0.6 is 0 Å². The van der Waals surface area contributed by atoms with Crippen LogP contribution < -0.4 is 10.2 Å². The van der Waals surface area contributed by atoms with Gasteiger partial charge < -0.3 is 4.74 Å². The fraction of sp³-hybridized carbons (Fsp3) is 0.143. The smallest absolute Gasteiger partial charge is 0.277 e. The summed E-state index contributed by atoms with van der Waals surface area (Å²) >= 11 is 0. The van der Waals surface area contributed by atoms with Gasteiger partial charge in [0.25, 0.3) is 5.91 Å². The molecule has 4 heteroatoms. The van der Waals surface area contributed by atoms with Crippen LogP contribution in [0.1, 0.15) is 16.7 Å². The lowest BCUT2D eigenvalue weighted by molar-refractivity contribution is -0.123. The van der Waals surface area contributed by atoms with E-state index in [2.05, 4.69) is 10.5 Å². The number of rotatable bonds is 5. The first kappa shape index (κ1) is 16.7. The molecule has 3 aromatic carbocycles. The zero-order chi connectivity index (χ0) is 17.6. The summed E-state index contributed by atoms with van der Waals surface area (Å²) in [5.74, 6) is 0.422. The van der Waals surface area contributed by atoms with Crippen LogP contribution in [0, 0.1) is 13.8 Å². The van der Waals surface area contributed by atoms with Crippen LogP contribution in [0.15, 0.2) is 65.8 Å². The molecule has 0 saturated heterocycles. The van der Waals surface area contributed by atoms with Crippen LogP contribution in [0.25, 0.3) is 10.8 Å². The Labute approximate surface area is 147 Å². The summed E-state index contributed by atoms with van der Waals surface area (Å²) in [6.07, 6.45) is 1.65. The lowest BCUT2D eigenvalue weighted by Gasteiger charge is -2.08. The number of benzene rings is 3. The summed E-state index contributed by atoms with van der Waals surface area (Å²) in [4.78, 5) is 11.9. The number of fused-ring (bicyclic) bond motifs is 1. The first-order valence-electron chi connectivity index (χ1n) is 8.13. The number of carbonyl (C=O) groups excluding carboxylic acids is 1. The normalized spacial score (nSPS) is 11.0. The van der Waals surface area contributed by atoms with Gasteiger partial charge in [-0.05, 0) is 41.8 Å². The molecule has 0 heterocycles. The molecule has 1 N–H and O–H groups in total. The average molecular weight is 332 g/mol. The Morgan fingerprint density at radius 3 is 2.76 bits per heavy atom. The minimum atomic E-state index is -0.294. The third-order valence-electron chi connectivity index (χ3n) is 3.92. The highest BCUT2D eigenvalue weighted by Crippen LogP contribution is 2.19. The van der Waals surface area contributed by atoms with Gasteiger partial charge in [0.1, 0.15) is 5.75 Å². The number of amides is 1. The number of carbonyl (C=O) groups is 1. The molecular weight excluding hydrogens is 312 g/mol. The lowest BCUT2D eigenvalue weighted by atomic mass is 10.1. The van der Waals surface area contributed by atoms with E-state index in [1.165, 1.54) is 0 Å². The second-order valence-electron chi connectivity index (χ2n) is 5.92. The maximum Gasteiger partial charge on any atom is 0.277 e. The number of hydrogen-bond acceptors (Lipinski definition) is 3. The number of nitrogens with zero attached hydrogens (tertiary/aromatic N) is 1. The third kappa shape index (κ3) is 4.23. The van der Waals surface area contributed by atoms with Crippen molar-refractivity contribution < 1.29 is 9.53 Å². The average Bonchev–Trinajstić information content (AvgIpc) is 2.62. The molecular formula is C21H20N2O2. The van der Waals surface area contributed by atoms with Gasteiger partial charge in [0.2, 0.25) is 0 Å². The molecule has 0 bridgehead atoms. The second kappa shape index (κ2) is 7.62. The van der Waals surface area contributed by atoms with Gasteiger partial charge in [0, 0.05) is 5.56 Å². The number of hydrogen-bond donors (Lipinski definition) is 1. The van der Waals surface area contributed by atoms with Gasteiger partial charge in [0.15, 0.2) is 6.61 Å². The van der Waals surface area contributed by atoms with Gasteiger partial charge in [0.05, 0.1) is 6.21 Å². The van der Waals surface area contributed by atoms with E-state index in [9.17, 15) is 4.79 Å². The van der Waals surface area contributed by atoms with Crippen molar-refractivity contribution in [2.24, 2.45) is 5.10 Å². The third-order valence-corrected chi connectivity index (χ3v) is 3.92. The van der Waals surface area contributed by atoms with Gasteiger partial charge in [-0.2, -0.15) is 5.10 Å². The summed E-state index contributed by atoms with van der Waals surface area (Å²) in [5.41, 5.74) is 5.55. The molecule has 0 aliphatic carbocycles. The fourth-order valence-corrected chi connectivity index (χ4v) is 2.58. The quantitative estimate of drug-likeness (QED) is 0.567. The maximum absolute atomic E-state index is 11.9. The predicted molar refractivity (Wildman–Crippen MR) is 101 cm³/mol. The Balaban J connectivity index is 1.60. The highest BCUT2D eigenvalue weighted by Gasteiger charge is 2.04. The molecule has 0 radical (unpaired) electrons. The summed E-state index contributed by atoms with van der Waals surface area (Å²) in [7, 11) is 0. The largest absolute Gasteiger partial charge is 0.483 e. The molecule has 0 saturated carbocycles. The summed E-state index contributed by atoms with van der Waals surface area (Å²) < 4.78 is 5.57. The van der Waals surface area contributed by atoms with Crippen LogP contribution in [0.5, 0.6) is 5.75 Å². The molecule has 3 aromatic rings. The molecule has 0 fully saturated rings. The molecule has 1 amide bonds. The molecule has 0 aliphatic rings. The van der Waals surface area contributed by atoms with Gasteiger partial charge in [-0.3, -0.25) is 4.79 Å². The molecule has 0 aliphatic heterocycles. The Kier molecular flexibility index (Phi) is 5.09. The SMILES string of the molecule is Cc1ccc(C)c(OCC(=O)N/N=C\c2cccc3ccccc23)c1. The number of aryl methyl sites for hydroxylation is 2. The maximum atomic E-state index is 11.9. The fourth-order valence-electron chi connectivity index (χ4n) is 2.58. The Morgan fingerprint density at radius 2 is 1.88 bits per heavy atom. The van der Waals surface area contributed by atoms with E-state index >= 15 is 0 Å². The monoisotopic (exact) mass is 332 g/mol. The molecule has 25 heavy (non-hydrogen) atoms. The van der Waals surface area contributed by atoms with Crippen molar-refractivity contribution >= 4 is 22.9 Å². The minimum absolute atomic E-state index is 0.0723. The van der Waals surface area contributed by atoms with E-state index in [-0.39, 0.29) is 12.5 Å². The van der Waals surface area contributed by atoms with Crippen molar-refractivity contribution in [1.82, 2.24) is 5.43 Å². The predicted octanol–water partition coefficient (Wildman–Crippen LogP) is 3.99. The Morgan fingerprint density at radius 1 is 1.08 bits per heavy atom. The van der Waals surface area contributed by atoms with Gasteiger partial charge in [-0.15, -0.1) is 0 Å². The van der Waals surface area contributed by atoms with Crippen molar-refractivity contribution in [2.45, 2.75) is 13.8 Å². The van der Waals surface area contributed by atoms with Crippen molar-refractivity contribution in [2.75, 3.05) is 6.61 Å². The zero-order valence-corrected chi connectivity index (χ0v) is 14.3. The first-order valence-corrected chi connectivity index (χ1v) is 8.13. The van der Waals surface area contributed by atoms with E-state index in [1.807, 2.05) is 74.5 Å². The molecule has 0 aromatic heterocycles. The Hall–Kier alpha value is -3.14. The topological polar surface area (TPSA) is 50.7 Å². The van der Waals surface area contributed by atoms with Gasteiger partial charge >= 0.3 is 0 Å². The van der Waals surface area contributed by atoms with Crippen molar-refractivity contribution in [3.05, 3.63) is 77.4 Å². The van der Waals surface area contributed by atoms with Crippen LogP contribution in [0.4, 0.5) is 0 Å². The highest BCUT2D eigenvalue weighted by molar-refractivity contribution is 5.99. The van der Waals surface area contributed by atoms with Crippen LogP contribution in [-0.4, -0.2) is 18.7 Å². The number of ether oxygens (including phenoxy) is 1. The summed E-state index contributed by atoms with van der Waals surface area (Å²) in [6.45, 7) is 3.86. The number of nitrogens with one attached hydrogen (secondary N) is 1. The first-order chi connectivity index (χ1) is 12.1. The molecule has 4 nitrogen and oxygen atoms in total. The van der Waals surface area contributed by atoms with E-state index in [0.717, 1.165) is 27.5 Å². The van der Waals surface area contributed by atoms with Crippen molar-refractivity contribution in [3.63, 3.8) is 0 Å². The molecule has 126 valence electrons. The van der Waals surface area contributed by atoms with Crippen LogP contribution in [0.3, 0.4) is 0 Å². The Bertz CT molecular complexity index is 927. The van der Waals surface area contributed by atoms with E-state index in [0.29, 0.717) is 5.75 Å². The zero-order valence-electron chi connectivity index (χ0n) is 14.3. The van der Waals surface area contributed by atoms with E-state index in [1.54, 1.807) is 6.21 Å². The molecule has 0 atom stereocenters. The highest BCUT2D eigenvalue weighted by atomic mass is 16.5. The molecule has 0 spiro atoms. The van der Waals surface area contributed by atoms with E-state index < -0.39 is 0 Å². The van der Waals surface area contributed by atoms with Gasteiger partial charge in [-0.1, -0.05) is 54.6 Å². The number of hydrazone groups is 1. The van der Waals surface area contributed by atoms with Crippen molar-refractivity contribution in [3.8, 4) is 5.75 Å². The minimum Gasteiger partial charge on any atom is -0.483 e. The van der Waals surface area contributed by atoms with Crippen molar-refractivity contribution in [1.29, 1.82) is 0 Å². The van der Waals surface area contributed by atoms with Crippen LogP contribution in [0.2, 0.25) is 0 Å². The standard InChI is InChI=1S/C21H20N2O2/c1-15-10-11-16(2)20(12-15)25-14-21(24)23-22-13-18-8-5-7-17-6-3-4-9-19(17)18/h3-13H,14H2,1-2H3,(H,23,24)/b22-13-. The van der Waals surface area contributed by atoms with Crippen LogP contribution in [-0.2, 0) is 4.79 Å². The summed E-state index contributed by atoms with van der Waals surface area (Å²) in [5, 5.41) is 6.27. The van der Waals surface area contributed by atoms with Gasteiger partial charge in [-0.25, -0.2) is 5.43 Å². The van der Waals surface area contributed by atoms with E-state index in [4.69, 9.17) is 4.74 Å². The second-order valence-corrected chi connectivity index (χ2v) is 5.92. The molecule has 3 rings (SSSR count). The molecule has 0 unspecified atom stereocenters.